The molecule has 0 amide bonds. The summed E-state index contributed by atoms with van der Waals surface area (Å²) in [4.78, 5) is 8.87. The fourth-order valence-electron chi connectivity index (χ4n) is 1.67. The van der Waals surface area contributed by atoms with Crippen molar-refractivity contribution in [3.05, 3.63) is 41.6 Å². The Hall–Kier alpha value is -1.94. The Balaban J connectivity index is 2.50. The van der Waals surface area contributed by atoms with Crippen LogP contribution >= 0.6 is 0 Å². The van der Waals surface area contributed by atoms with E-state index in [0.29, 0.717) is 11.6 Å². The average Bonchev–Trinajstić information content (AvgIpc) is 2.38. The van der Waals surface area contributed by atoms with Crippen LogP contribution in [0.1, 0.15) is 18.2 Å². The Morgan fingerprint density at radius 1 is 1.24 bits per heavy atom. The molecule has 2 rings (SSSR count). The first-order chi connectivity index (χ1) is 8.22. The second-order valence-electron chi connectivity index (χ2n) is 3.94. The summed E-state index contributed by atoms with van der Waals surface area (Å²) < 4.78 is 0. The number of benzene rings is 1. The van der Waals surface area contributed by atoms with E-state index >= 15 is 0 Å². The van der Waals surface area contributed by atoms with Gasteiger partial charge in [0.15, 0.2) is 5.82 Å². The summed E-state index contributed by atoms with van der Waals surface area (Å²) in [7, 11) is 0. The molecule has 1 aromatic carbocycles. The highest BCUT2D eigenvalue weighted by Gasteiger charge is 2.05. The fourth-order valence-corrected chi connectivity index (χ4v) is 1.67. The standard InChI is InChI=1S/C13H16N4/c1-3-11-8-12(17-14)16-13(15-11)10-6-4-5-9(2)7-10/h4-8H,3,14H2,1-2H3,(H,15,16,17). The third-order valence-corrected chi connectivity index (χ3v) is 2.57. The molecule has 0 bridgehead atoms. The van der Waals surface area contributed by atoms with Crippen LogP contribution in [0.5, 0.6) is 0 Å². The molecular formula is C13H16N4. The van der Waals surface area contributed by atoms with Gasteiger partial charge in [0, 0.05) is 17.3 Å². The van der Waals surface area contributed by atoms with Crippen molar-refractivity contribution in [2.24, 2.45) is 5.84 Å². The molecule has 0 atom stereocenters. The van der Waals surface area contributed by atoms with E-state index in [1.807, 2.05) is 18.2 Å². The smallest absolute Gasteiger partial charge is 0.161 e. The summed E-state index contributed by atoms with van der Waals surface area (Å²) in [6.07, 6.45) is 0.857. The number of nitrogens with two attached hydrogens (primary N) is 1. The lowest BCUT2D eigenvalue weighted by molar-refractivity contribution is 1.00. The molecule has 4 heteroatoms. The van der Waals surface area contributed by atoms with Gasteiger partial charge in [-0.2, -0.15) is 0 Å². The monoisotopic (exact) mass is 228 g/mol. The van der Waals surface area contributed by atoms with Gasteiger partial charge < -0.3 is 5.43 Å². The summed E-state index contributed by atoms with van der Waals surface area (Å²) in [6.45, 7) is 4.11. The van der Waals surface area contributed by atoms with Gasteiger partial charge in [-0.1, -0.05) is 30.7 Å². The van der Waals surface area contributed by atoms with Crippen LogP contribution in [0.2, 0.25) is 0 Å². The molecular weight excluding hydrogens is 212 g/mol. The summed E-state index contributed by atoms with van der Waals surface area (Å²) in [5.41, 5.74) is 5.75. The highest BCUT2D eigenvalue weighted by Crippen LogP contribution is 2.18. The van der Waals surface area contributed by atoms with Crippen molar-refractivity contribution in [3.8, 4) is 11.4 Å². The number of hydrogen-bond acceptors (Lipinski definition) is 4. The van der Waals surface area contributed by atoms with E-state index in [1.165, 1.54) is 5.56 Å². The van der Waals surface area contributed by atoms with Crippen molar-refractivity contribution in [2.45, 2.75) is 20.3 Å². The third-order valence-electron chi connectivity index (χ3n) is 2.57. The SMILES string of the molecule is CCc1cc(NN)nc(-c2cccc(C)c2)n1. The van der Waals surface area contributed by atoms with Crippen LogP contribution in [-0.2, 0) is 6.42 Å². The Kier molecular flexibility index (Phi) is 3.35. The predicted molar refractivity (Wildman–Crippen MR) is 69.4 cm³/mol. The topological polar surface area (TPSA) is 63.8 Å². The van der Waals surface area contributed by atoms with E-state index in [-0.39, 0.29) is 0 Å². The molecule has 0 radical (unpaired) electrons. The quantitative estimate of drug-likeness (QED) is 0.625. The van der Waals surface area contributed by atoms with Crippen LogP contribution in [0, 0.1) is 6.92 Å². The molecule has 1 heterocycles. The molecule has 0 saturated carbocycles. The largest absolute Gasteiger partial charge is 0.308 e. The third kappa shape index (κ3) is 2.60. The van der Waals surface area contributed by atoms with Gasteiger partial charge in [0.25, 0.3) is 0 Å². The van der Waals surface area contributed by atoms with Gasteiger partial charge in [-0.05, 0) is 19.4 Å². The first-order valence-electron chi connectivity index (χ1n) is 5.64. The van der Waals surface area contributed by atoms with Crippen LogP contribution in [-0.4, -0.2) is 9.97 Å². The van der Waals surface area contributed by atoms with Crippen LogP contribution in [0.25, 0.3) is 11.4 Å². The van der Waals surface area contributed by atoms with Crippen molar-refractivity contribution in [1.29, 1.82) is 0 Å². The number of nitrogens with one attached hydrogen (secondary N) is 1. The Morgan fingerprint density at radius 2 is 2.06 bits per heavy atom. The van der Waals surface area contributed by atoms with Crippen molar-refractivity contribution in [1.82, 2.24) is 9.97 Å². The minimum absolute atomic E-state index is 0.647. The van der Waals surface area contributed by atoms with Crippen molar-refractivity contribution < 1.29 is 0 Å². The second kappa shape index (κ2) is 4.93. The maximum atomic E-state index is 5.41. The number of hydrazine groups is 1. The van der Waals surface area contributed by atoms with E-state index in [4.69, 9.17) is 5.84 Å². The zero-order valence-corrected chi connectivity index (χ0v) is 10.1. The predicted octanol–water partition coefficient (Wildman–Crippen LogP) is 2.30. The first kappa shape index (κ1) is 11.5. The first-order valence-corrected chi connectivity index (χ1v) is 5.64. The number of nitrogen functional groups attached to an aromatic ring is 1. The van der Waals surface area contributed by atoms with Crippen molar-refractivity contribution in [2.75, 3.05) is 5.43 Å². The second-order valence-corrected chi connectivity index (χ2v) is 3.94. The van der Waals surface area contributed by atoms with Gasteiger partial charge in [0.2, 0.25) is 0 Å². The maximum Gasteiger partial charge on any atom is 0.161 e. The van der Waals surface area contributed by atoms with Crippen LogP contribution < -0.4 is 11.3 Å². The van der Waals surface area contributed by atoms with Crippen molar-refractivity contribution >= 4 is 5.82 Å². The number of aryl methyl sites for hydroxylation is 2. The number of nitrogens with zero attached hydrogens (tertiary/aromatic N) is 2. The van der Waals surface area contributed by atoms with E-state index in [0.717, 1.165) is 17.7 Å². The highest BCUT2D eigenvalue weighted by molar-refractivity contribution is 5.58. The molecule has 2 aromatic rings. The fraction of sp³-hybridized carbons (Fsp3) is 0.231. The molecule has 88 valence electrons. The van der Waals surface area contributed by atoms with Gasteiger partial charge >= 0.3 is 0 Å². The minimum atomic E-state index is 0.647. The molecule has 0 spiro atoms. The summed E-state index contributed by atoms with van der Waals surface area (Å²) >= 11 is 0. The van der Waals surface area contributed by atoms with Gasteiger partial charge in [-0.3, -0.25) is 0 Å². The molecule has 1 aromatic heterocycles. The van der Waals surface area contributed by atoms with Crippen LogP contribution in [0.3, 0.4) is 0 Å². The Labute approximate surface area is 101 Å². The van der Waals surface area contributed by atoms with E-state index in [1.54, 1.807) is 0 Å². The summed E-state index contributed by atoms with van der Waals surface area (Å²) in [5, 5.41) is 0. The van der Waals surface area contributed by atoms with E-state index < -0.39 is 0 Å². The van der Waals surface area contributed by atoms with Gasteiger partial charge in [-0.15, -0.1) is 0 Å². The maximum absolute atomic E-state index is 5.41. The molecule has 0 saturated heterocycles. The van der Waals surface area contributed by atoms with E-state index in [9.17, 15) is 0 Å². The van der Waals surface area contributed by atoms with Crippen molar-refractivity contribution in [3.63, 3.8) is 0 Å². The van der Waals surface area contributed by atoms with Gasteiger partial charge in [-0.25, -0.2) is 15.8 Å². The molecule has 17 heavy (non-hydrogen) atoms. The highest BCUT2D eigenvalue weighted by atomic mass is 15.3. The molecule has 3 N–H and O–H groups in total. The molecule has 0 aliphatic carbocycles. The number of aromatic nitrogens is 2. The lowest BCUT2D eigenvalue weighted by atomic mass is 10.1. The number of rotatable bonds is 3. The number of hydrogen-bond donors (Lipinski definition) is 2. The van der Waals surface area contributed by atoms with Gasteiger partial charge in [0.1, 0.15) is 5.82 Å². The average molecular weight is 228 g/mol. The molecule has 0 aliphatic heterocycles. The van der Waals surface area contributed by atoms with Crippen LogP contribution in [0.15, 0.2) is 30.3 Å². The molecule has 0 fully saturated rings. The summed E-state index contributed by atoms with van der Waals surface area (Å²) in [6, 6.07) is 9.98. The molecule has 4 nitrogen and oxygen atoms in total. The van der Waals surface area contributed by atoms with Gasteiger partial charge in [0.05, 0.1) is 0 Å². The lowest BCUT2D eigenvalue weighted by Gasteiger charge is -2.07. The zero-order valence-electron chi connectivity index (χ0n) is 10.1. The molecule has 0 aliphatic rings. The summed E-state index contributed by atoms with van der Waals surface area (Å²) in [5.74, 6) is 6.77. The Morgan fingerprint density at radius 3 is 2.71 bits per heavy atom. The normalized spacial score (nSPS) is 10.3. The Bertz CT molecular complexity index is 500. The minimum Gasteiger partial charge on any atom is -0.308 e. The lowest BCUT2D eigenvalue weighted by Crippen LogP contribution is -2.10. The molecule has 0 unspecified atom stereocenters. The van der Waals surface area contributed by atoms with E-state index in [2.05, 4.69) is 41.4 Å². The zero-order chi connectivity index (χ0) is 12.3. The van der Waals surface area contributed by atoms with Crippen LogP contribution in [0.4, 0.5) is 5.82 Å². The number of anilines is 1.